The van der Waals surface area contributed by atoms with E-state index in [-0.39, 0.29) is 41.9 Å². The van der Waals surface area contributed by atoms with Gasteiger partial charge in [0.2, 0.25) is 0 Å². The molecule has 0 heterocycles. The van der Waals surface area contributed by atoms with Gasteiger partial charge in [-0.3, -0.25) is 0 Å². The predicted octanol–water partition coefficient (Wildman–Crippen LogP) is -5.26. The average Bonchev–Trinajstić information content (AvgIpc) is 1.82. The second-order valence-corrected chi connectivity index (χ2v) is 2.42. The topological polar surface area (TPSA) is 141 Å². The molecule has 7 nitrogen and oxygen atoms in total. The summed E-state index contributed by atoms with van der Waals surface area (Å²) in [5.41, 5.74) is -2.97. The number of carbonyl (C=O) groups excluding carboxylic acids is 3. The normalized spacial score (nSPS) is 9.40. The third-order valence-electron chi connectivity index (χ3n) is 1.25. The molecule has 84 valence electrons. The SMILES string of the molecule is O=C([O-])CC(O)(CC(=O)[O-])C(=O)[O-].[Ag+].[Zn+2]. The van der Waals surface area contributed by atoms with Crippen LogP contribution in [0.1, 0.15) is 12.8 Å². The maximum Gasteiger partial charge on any atom is 2.00 e. The van der Waals surface area contributed by atoms with Crippen molar-refractivity contribution < 1.29 is 76.7 Å². The second-order valence-electron chi connectivity index (χ2n) is 2.42. The van der Waals surface area contributed by atoms with Gasteiger partial charge in [0.1, 0.15) is 5.60 Å². The first-order chi connectivity index (χ1) is 5.78. The Morgan fingerprint density at radius 3 is 1.40 bits per heavy atom. The van der Waals surface area contributed by atoms with Gasteiger partial charge in [-0.15, -0.1) is 0 Å². The Kier molecular flexibility index (Phi) is 10.7. The summed E-state index contributed by atoms with van der Waals surface area (Å²) in [5, 5.41) is 38.9. The summed E-state index contributed by atoms with van der Waals surface area (Å²) in [6.45, 7) is 0. The summed E-state index contributed by atoms with van der Waals surface area (Å²) in [6.07, 6.45) is -2.72. The Morgan fingerprint density at radius 2 is 1.27 bits per heavy atom. The molecule has 0 saturated carbocycles. The van der Waals surface area contributed by atoms with Crippen LogP contribution in [0.3, 0.4) is 0 Å². The molecule has 0 aliphatic rings. The molecule has 0 spiro atoms. The molecule has 0 aliphatic heterocycles. The summed E-state index contributed by atoms with van der Waals surface area (Å²) in [7, 11) is 0. The predicted molar refractivity (Wildman–Crippen MR) is 29.2 cm³/mol. The zero-order valence-corrected chi connectivity index (χ0v) is 11.8. The van der Waals surface area contributed by atoms with Crippen LogP contribution in [-0.4, -0.2) is 28.6 Å². The van der Waals surface area contributed by atoms with Crippen molar-refractivity contribution in [3.8, 4) is 0 Å². The van der Waals surface area contributed by atoms with Gasteiger partial charge in [0, 0.05) is 24.8 Å². The zero-order chi connectivity index (χ0) is 10.6. The molecule has 0 aliphatic carbocycles. The van der Waals surface area contributed by atoms with E-state index in [2.05, 4.69) is 0 Å². The van der Waals surface area contributed by atoms with Crippen molar-refractivity contribution in [1.82, 2.24) is 0 Å². The molecule has 0 rings (SSSR count). The van der Waals surface area contributed by atoms with Gasteiger partial charge in [0.15, 0.2) is 0 Å². The molecule has 0 aromatic rings. The van der Waals surface area contributed by atoms with E-state index in [1.807, 2.05) is 0 Å². The number of aliphatic hydroxyl groups is 1. The molecule has 0 radical (unpaired) electrons. The average molecular weight is 362 g/mol. The molecule has 0 amide bonds. The van der Waals surface area contributed by atoms with E-state index in [1.165, 1.54) is 0 Å². The minimum absolute atomic E-state index is 0. The first kappa shape index (κ1) is 20.2. The monoisotopic (exact) mass is 360 g/mol. The van der Waals surface area contributed by atoms with Crippen LogP contribution in [0.15, 0.2) is 0 Å². The van der Waals surface area contributed by atoms with Crippen LogP contribution in [0.4, 0.5) is 0 Å². The summed E-state index contributed by atoms with van der Waals surface area (Å²) < 4.78 is 0. The Balaban J connectivity index is -0.000000720. The van der Waals surface area contributed by atoms with Gasteiger partial charge in [0.05, 0.1) is 5.97 Å². The van der Waals surface area contributed by atoms with Crippen LogP contribution in [-0.2, 0) is 56.2 Å². The van der Waals surface area contributed by atoms with E-state index in [9.17, 15) is 29.7 Å². The first-order valence-electron chi connectivity index (χ1n) is 3.11. The molecule has 0 aromatic carbocycles. The van der Waals surface area contributed by atoms with E-state index >= 15 is 0 Å². The quantitative estimate of drug-likeness (QED) is 0.482. The van der Waals surface area contributed by atoms with Gasteiger partial charge in [-0.05, 0) is 0 Å². The minimum atomic E-state index is -2.97. The third-order valence-corrected chi connectivity index (χ3v) is 1.25. The number of carboxylic acids is 3. The van der Waals surface area contributed by atoms with Crippen LogP contribution in [0.5, 0.6) is 0 Å². The second kappa shape index (κ2) is 7.95. The molecular weight excluding hydrogens is 357 g/mol. The molecule has 0 atom stereocenters. The van der Waals surface area contributed by atoms with E-state index in [1.54, 1.807) is 0 Å². The zero-order valence-electron chi connectivity index (χ0n) is 7.32. The van der Waals surface area contributed by atoms with Crippen molar-refractivity contribution in [1.29, 1.82) is 0 Å². The molecule has 1 N–H and O–H groups in total. The van der Waals surface area contributed by atoms with Crippen molar-refractivity contribution in [2.45, 2.75) is 18.4 Å². The van der Waals surface area contributed by atoms with Crippen LogP contribution < -0.4 is 15.3 Å². The molecule has 15 heavy (non-hydrogen) atoms. The Morgan fingerprint density at radius 1 is 1.00 bits per heavy atom. The van der Waals surface area contributed by atoms with Crippen LogP contribution in [0.2, 0.25) is 0 Å². The van der Waals surface area contributed by atoms with E-state index < -0.39 is 36.4 Å². The van der Waals surface area contributed by atoms with Gasteiger partial charge >= 0.3 is 41.9 Å². The largest absolute Gasteiger partial charge is 2.00 e. The Labute approximate surface area is 113 Å². The summed E-state index contributed by atoms with van der Waals surface area (Å²) >= 11 is 0. The van der Waals surface area contributed by atoms with E-state index in [4.69, 9.17) is 5.11 Å². The van der Waals surface area contributed by atoms with Crippen molar-refractivity contribution >= 4 is 17.9 Å². The van der Waals surface area contributed by atoms with Crippen molar-refractivity contribution in [3.05, 3.63) is 0 Å². The number of carbonyl (C=O) groups is 3. The Hall–Kier alpha value is -0.266. The fourth-order valence-corrected chi connectivity index (χ4v) is 0.684. The van der Waals surface area contributed by atoms with Crippen LogP contribution in [0, 0.1) is 0 Å². The fourth-order valence-electron chi connectivity index (χ4n) is 0.684. The van der Waals surface area contributed by atoms with E-state index in [0.717, 1.165) is 0 Å². The summed E-state index contributed by atoms with van der Waals surface area (Å²) in [4.78, 5) is 30.0. The molecular formula is C6H5AgO7Zn. The maximum absolute atomic E-state index is 10.1. The van der Waals surface area contributed by atoms with Crippen molar-refractivity contribution in [2.75, 3.05) is 0 Å². The minimum Gasteiger partial charge on any atom is -0.550 e. The summed E-state index contributed by atoms with van der Waals surface area (Å²) in [5.74, 6) is -5.98. The van der Waals surface area contributed by atoms with Gasteiger partial charge in [-0.25, -0.2) is 0 Å². The van der Waals surface area contributed by atoms with Gasteiger partial charge < -0.3 is 34.8 Å². The molecule has 0 saturated heterocycles. The number of carboxylic acid groups (broad SMARTS) is 3. The number of aliphatic carboxylic acids is 3. The van der Waals surface area contributed by atoms with Crippen LogP contribution in [0.25, 0.3) is 0 Å². The third kappa shape index (κ3) is 7.64. The van der Waals surface area contributed by atoms with Gasteiger partial charge in [0.25, 0.3) is 0 Å². The standard InChI is InChI=1S/C6H8O7.Ag.Zn/c7-3(8)1-6(13,5(11)12)2-4(9)10;;/h13H,1-2H2,(H,7,8)(H,9,10)(H,11,12);;/q;+1;+2/p-3. The smallest absolute Gasteiger partial charge is 0.550 e. The molecule has 0 aromatic heterocycles. The number of rotatable bonds is 5. The Bertz CT molecular complexity index is 238. The van der Waals surface area contributed by atoms with Gasteiger partial charge in [-0.2, -0.15) is 0 Å². The maximum atomic E-state index is 10.1. The molecule has 0 unspecified atom stereocenters. The van der Waals surface area contributed by atoms with Crippen molar-refractivity contribution in [2.24, 2.45) is 0 Å². The number of hydrogen-bond donors (Lipinski definition) is 1. The molecule has 0 fully saturated rings. The fraction of sp³-hybridized carbons (Fsp3) is 0.500. The molecule has 9 heteroatoms. The summed E-state index contributed by atoms with van der Waals surface area (Å²) in [6, 6.07) is 0. The van der Waals surface area contributed by atoms with E-state index in [0.29, 0.717) is 0 Å². The van der Waals surface area contributed by atoms with Crippen molar-refractivity contribution in [3.63, 3.8) is 0 Å². The molecule has 0 bridgehead atoms. The first-order valence-corrected chi connectivity index (χ1v) is 3.11. The van der Waals surface area contributed by atoms with Gasteiger partial charge in [-0.1, -0.05) is 0 Å². The number of hydrogen-bond acceptors (Lipinski definition) is 7. The van der Waals surface area contributed by atoms with Crippen LogP contribution >= 0.6 is 0 Å².